The second-order valence-corrected chi connectivity index (χ2v) is 5.75. The third kappa shape index (κ3) is 7.54. The molecule has 0 aromatic carbocycles. The number of aromatic nitrogens is 2. The van der Waals surface area contributed by atoms with Crippen molar-refractivity contribution in [2.75, 3.05) is 0 Å². The molecule has 10 heteroatoms. The van der Waals surface area contributed by atoms with Crippen LogP contribution in [0.2, 0.25) is 6.32 Å². The number of hydrogen-bond acceptors (Lipinski definition) is 5. The van der Waals surface area contributed by atoms with Gasteiger partial charge in [0.2, 0.25) is 0 Å². The van der Waals surface area contributed by atoms with Gasteiger partial charge in [-0.25, -0.2) is 4.98 Å². The first-order chi connectivity index (χ1) is 9.76. The van der Waals surface area contributed by atoms with Gasteiger partial charge in [-0.05, 0) is 26.6 Å². The summed E-state index contributed by atoms with van der Waals surface area (Å²) in [6, 6.07) is 0.185. The Morgan fingerprint density at radius 3 is 2.48 bits per heavy atom. The number of hydrogen-bond donors (Lipinski definition) is 4. The van der Waals surface area contributed by atoms with Crippen molar-refractivity contribution in [1.29, 1.82) is 0 Å². The van der Waals surface area contributed by atoms with Gasteiger partial charge in [0.1, 0.15) is 5.54 Å². The number of aliphatic carboxylic acids is 1. The van der Waals surface area contributed by atoms with Crippen molar-refractivity contribution in [2.45, 2.75) is 57.4 Å². The molecule has 1 aromatic heterocycles. The lowest BCUT2D eigenvalue weighted by Crippen LogP contribution is -2.50. The molecule has 0 aliphatic heterocycles. The summed E-state index contributed by atoms with van der Waals surface area (Å²) >= 11 is 0. The molecule has 0 amide bonds. The molecule has 1 unspecified atom stereocenters. The Labute approximate surface area is 149 Å². The summed E-state index contributed by atoms with van der Waals surface area (Å²) < 4.78 is 1.90. The first kappa shape index (κ1) is 24.5. The topological polar surface area (TPSA) is 122 Å². The van der Waals surface area contributed by atoms with E-state index < -0.39 is 18.6 Å². The number of carboxylic acids is 1. The lowest BCUT2D eigenvalue weighted by Gasteiger charge is -2.26. The van der Waals surface area contributed by atoms with E-state index in [1.807, 2.05) is 18.4 Å². The molecule has 0 spiro atoms. The van der Waals surface area contributed by atoms with E-state index >= 15 is 0 Å². The van der Waals surface area contributed by atoms with Gasteiger partial charge in [-0.15, -0.1) is 24.8 Å². The van der Waals surface area contributed by atoms with Crippen molar-refractivity contribution in [3.8, 4) is 0 Å². The molecule has 0 saturated heterocycles. The lowest BCUT2D eigenvalue weighted by atomic mass is 9.81. The summed E-state index contributed by atoms with van der Waals surface area (Å²) in [7, 11) is -1.36. The fraction of sp³-hybridized carbons (Fsp3) is 0.692. The van der Waals surface area contributed by atoms with Crippen molar-refractivity contribution in [1.82, 2.24) is 9.55 Å². The van der Waals surface area contributed by atoms with Gasteiger partial charge in [-0.2, -0.15) is 0 Å². The van der Waals surface area contributed by atoms with Crippen LogP contribution in [-0.4, -0.2) is 43.3 Å². The number of rotatable bonds is 9. The van der Waals surface area contributed by atoms with Crippen LogP contribution in [0.15, 0.2) is 12.5 Å². The van der Waals surface area contributed by atoms with Crippen LogP contribution in [0.3, 0.4) is 0 Å². The monoisotopic (exact) mass is 369 g/mol. The third-order valence-electron chi connectivity index (χ3n) is 3.56. The van der Waals surface area contributed by atoms with Crippen LogP contribution in [0.25, 0.3) is 0 Å². The normalized spacial score (nSPS) is 13.0. The van der Waals surface area contributed by atoms with Crippen molar-refractivity contribution in [2.24, 2.45) is 5.73 Å². The summed E-state index contributed by atoms with van der Waals surface area (Å²) in [5.41, 5.74) is 5.47. The lowest BCUT2D eigenvalue weighted by molar-refractivity contribution is -0.143. The minimum absolute atomic E-state index is 0. The van der Waals surface area contributed by atoms with Gasteiger partial charge in [0, 0.05) is 24.4 Å². The standard InChI is InChI=1S/C13H24BN3O4.2ClH/c1-10(2)17-9-16-8-11(17)7-13(15,12(18)19)5-3-4-6-14(20)21;;/h8-10,20-21H,3-7,15H2,1-2H3,(H,18,19);2*1H. The largest absolute Gasteiger partial charge is 0.480 e. The van der Waals surface area contributed by atoms with Crippen LogP contribution in [-0.2, 0) is 11.2 Å². The smallest absolute Gasteiger partial charge is 0.451 e. The number of carboxylic acid groups (broad SMARTS) is 1. The zero-order chi connectivity index (χ0) is 16.0. The number of nitrogens with two attached hydrogens (primary N) is 1. The maximum absolute atomic E-state index is 11.5. The molecule has 1 heterocycles. The average molecular weight is 370 g/mol. The Morgan fingerprint density at radius 1 is 1.39 bits per heavy atom. The molecule has 23 heavy (non-hydrogen) atoms. The van der Waals surface area contributed by atoms with Gasteiger partial charge in [-0.1, -0.05) is 12.8 Å². The SMILES string of the molecule is CC(C)n1cncc1CC(N)(CCCCB(O)O)C(=O)O.Cl.Cl. The minimum Gasteiger partial charge on any atom is -0.480 e. The van der Waals surface area contributed by atoms with E-state index in [1.165, 1.54) is 0 Å². The van der Waals surface area contributed by atoms with E-state index in [4.69, 9.17) is 15.8 Å². The molecule has 0 saturated carbocycles. The highest BCUT2D eigenvalue weighted by Crippen LogP contribution is 2.21. The van der Waals surface area contributed by atoms with Crippen molar-refractivity contribution in [3.63, 3.8) is 0 Å². The van der Waals surface area contributed by atoms with E-state index in [-0.39, 0.29) is 50.0 Å². The number of nitrogens with zero attached hydrogens (tertiary/aromatic N) is 2. The van der Waals surface area contributed by atoms with Gasteiger partial charge >= 0.3 is 13.1 Å². The van der Waals surface area contributed by atoms with Gasteiger partial charge < -0.3 is 25.5 Å². The Bertz CT molecular complexity index is 474. The second-order valence-electron chi connectivity index (χ2n) is 5.75. The molecule has 134 valence electrons. The van der Waals surface area contributed by atoms with Crippen LogP contribution >= 0.6 is 24.8 Å². The Hall–Kier alpha value is -0.795. The van der Waals surface area contributed by atoms with Crippen molar-refractivity contribution >= 4 is 37.9 Å². The van der Waals surface area contributed by atoms with Crippen LogP contribution < -0.4 is 5.73 Å². The minimum atomic E-state index is -1.37. The van der Waals surface area contributed by atoms with E-state index in [0.717, 1.165) is 5.69 Å². The van der Waals surface area contributed by atoms with Gasteiger partial charge in [0.25, 0.3) is 0 Å². The Morgan fingerprint density at radius 2 is 2.00 bits per heavy atom. The molecule has 0 aliphatic rings. The van der Waals surface area contributed by atoms with Gasteiger partial charge in [0.05, 0.1) is 6.33 Å². The number of halogens is 2. The Kier molecular flexibility index (Phi) is 11.6. The predicted octanol–water partition coefficient (Wildman–Crippen LogP) is 1.28. The van der Waals surface area contributed by atoms with E-state index in [0.29, 0.717) is 12.8 Å². The predicted molar refractivity (Wildman–Crippen MR) is 94.2 cm³/mol. The summed E-state index contributed by atoms with van der Waals surface area (Å²) in [6.45, 7) is 3.99. The first-order valence-corrected chi connectivity index (χ1v) is 7.15. The highest BCUT2D eigenvalue weighted by Gasteiger charge is 2.34. The van der Waals surface area contributed by atoms with E-state index in [2.05, 4.69) is 4.98 Å². The summed E-state index contributed by atoms with van der Waals surface area (Å²) in [4.78, 5) is 15.6. The Balaban J connectivity index is 0. The molecular formula is C13H26BCl2N3O4. The van der Waals surface area contributed by atoms with E-state index in [1.54, 1.807) is 12.5 Å². The quantitative estimate of drug-likeness (QED) is 0.384. The average Bonchev–Trinajstić information content (AvgIpc) is 2.82. The summed E-state index contributed by atoms with van der Waals surface area (Å²) in [5, 5.41) is 27.0. The number of unbranched alkanes of at least 4 members (excludes halogenated alkanes) is 1. The van der Waals surface area contributed by atoms with Crippen LogP contribution in [0.5, 0.6) is 0 Å². The fourth-order valence-electron chi connectivity index (χ4n) is 2.30. The van der Waals surface area contributed by atoms with Gasteiger partial charge in [0.15, 0.2) is 0 Å². The molecular weight excluding hydrogens is 344 g/mol. The number of carbonyl (C=O) groups is 1. The molecule has 0 bridgehead atoms. The summed E-state index contributed by atoms with van der Waals surface area (Å²) in [6.07, 6.45) is 5.05. The van der Waals surface area contributed by atoms with E-state index in [9.17, 15) is 9.90 Å². The molecule has 1 aromatic rings. The third-order valence-corrected chi connectivity index (χ3v) is 3.56. The van der Waals surface area contributed by atoms with Gasteiger partial charge in [-0.3, -0.25) is 4.79 Å². The molecule has 0 radical (unpaired) electrons. The second kappa shape index (κ2) is 10.9. The highest BCUT2D eigenvalue weighted by atomic mass is 35.5. The summed E-state index contributed by atoms with van der Waals surface area (Å²) in [5.74, 6) is -1.05. The maximum Gasteiger partial charge on any atom is 0.451 e. The first-order valence-electron chi connectivity index (χ1n) is 7.15. The van der Waals surface area contributed by atoms with Crippen LogP contribution in [0.1, 0.15) is 44.8 Å². The maximum atomic E-state index is 11.5. The zero-order valence-corrected chi connectivity index (χ0v) is 15.0. The molecule has 1 atom stereocenters. The molecule has 0 aliphatic carbocycles. The zero-order valence-electron chi connectivity index (χ0n) is 13.4. The van der Waals surface area contributed by atoms with Crippen molar-refractivity contribution in [3.05, 3.63) is 18.2 Å². The number of imidazole rings is 1. The van der Waals surface area contributed by atoms with Crippen LogP contribution in [0.4, 0.5) is 0 Å². The highest BCUT2D eigenvalue weighted by molar-refractivity contribution is 6.40. The van der Waals surface area contributed by atoms with Crippen LogP contribution in [0, 0.1) is 0 Å². The molecule has 1 rings (SSSR count). The molecule has 5 N–H and O–H groups in total. The molecule has 7 nitrogen and oxygen atoms in total. The fourth-order valence-corrected chi connectivity index (χ4v) is 2.30. The van der Waals surface area contributed by atoms with Crippen molar-refractivity contribution < 1.29 is 19.9 Å². The molecule has 0 fully saturated rings.